The molecule has 0 unspecified atom stereocenters. The predicted octanol–water partition coefficient (Wildman–Crippen LogP) is 2.66. The highest BCUT2D eigenvalue weighted by Crippen LogP contribution is 2.27. The van der Waals surface area contributed by atoms with Gasteiger partial charge in [0.2, 0.25) is 5.91 Å². The molecule has 0 saturated carbocycles. The molecule has 0 aliphatic heterocycles. The van der Waals surface area contributed by atoms with Gasteiger partial charge in [-0.1, -0.05) is 12.1 Å². The fourth-order valence-electron chi connectivity index (χ4n) is 1.75. The van der Waals surface area contributed by atoms with Crippen molar-refractivity contribution in [2.24, 2.45) is 5.73 Å². The average molecular weight is 215 g/mol. The van der Waals surface area contributed by atoms with Crippen LogP contribution < -0.4 is 5.73 Å². The number of hydrogen-bond acceptors (Lipinski definition) is 2. The van der Waals surface area contributed by atoms with Crippen molar-refractivity contribution in [1.82, 2.24) is 0 Å². The van der Waals surface area contributed by atoms with Crippen LogP contribution in [0.4, 0.5) is 0 Å². The maximum absolute atomic E-state index is 11.2. The minimum atomic E-state index is -0.414. The van der Waals surface area contributed by atoms with Crippen LogP contribution in [-0.4, -0.2) is 5.91 Å². The summed E-state index contributed by atoms with van der Waals surface area (Å²) in [6, 6.07) is 9.23. The van der Waals surface area contributed by atoms with Gasteiger partial charge in [-0.05, 0) is 37.6 Å². The summed E-state index contributed by atoms with van der Waals surface area (Å²) < 4.78 is 5.53. The van der Waals surface area contributed by atoms with Gasteiger partial charge < -0.3 is 10.2 Å². The van der Waals surface area contributed by atoms with Crippen LogP contribution in [0.25, 0.3) is 11.3 Å². The number of rotatable bonds is 2. The lowest BCUT2D eigenvalue weighted by molar-refractivity contribution is 0.1000. The Labute approximate surface area is 93.9 Å². The van der Waals surface area contributed by atoms with E-state index >= 15 is 0 Å². The fraction of sp³-hybridized carbons (Fsp3) is 0.154. The van der Waals surface area contributed by atoms with Gasteiger partial charge in [-0.3, -0.25) is 4.79 Å². The summed E-state index contributed by atoms with van der Waals surface area (Å²) in [6.45, 7) is 3.75. The molecule has 0 aliphatic rings. The highest BCUT2D eigenvalue weighted by atomic mass is 16.3. The lowest BCUT2D eigenvalue weighted by Crippen LogP contribution is -2.12. The molecule has 1 aromatic heterocycles. The zero-order valence-corrected chi connectivity index (χ0v) is 9.28. The quantitative estimate of drug-likeness (QED) is 0.837. The molecule has 2 aromatic rings. The number of carbonyl (C=O) groups is 1. The first-order valence-corrected chi connectivity index (χ1v) is 5.06. The molecule has 0 aliphatic carbocycles. The number of hydrogen-bond donors (Lipinski definition) is 1. The Hall–Kier alpha value is -2.03. The van der Waals surface area contributed by atoms with E-state index in [1.807, 2.05) is 32.0 Å². The summed E-state index contributed by atoms with van der Waals surface area (Å²) in [7, 11) is 0. The van der Waals surface area contributed by atoms with Crippen LogP contribution in [-0.2, 0) is 0 Å². The second kappa shape index (κ2) is 3.85. The van der Waals surface area contributed by atoms with Crippen LogP contribution in [0.1, 0.15) is 21.7 Å². The molecule has 1 aromatic carbocycles. The molecule has 0 fully saturated rings. The van der Waals surface area contributed by atoms with Crippen molar-refractivity contribution in [3.63, 3.8) is 0 Å². The van der Waals surface area contributed by atoms with E-state index in [-0.39, 0.29) is 0 Å². The van der Waals surface area contributed by atoms with Gasteiger partial charge in [0.1, 0.15) is 11.5 Å². The second-order valence-electron chi connectivity index (χ2n) is 3.75. The Morgan fingerprint density at radius 1 is 1.19 bits per heavy atom. The Morgan fingerprint density at radius 2 is 1.94 bits per heavy atom. The number of carbonyl (C=O) groups excluding carboxylic acids is 1. The van der Waals surface area contributed by atoms with E-state index in [1.165, 1.54) is 0 Å². The molecule has 82 valence electrons. The third-order valence-corrected chi connectivity index (χ3v) is 2.61. The van der Waals surface area contributed by atoms with Gasteiger partial charge >= 0.3 is 0 Å². The summed E-state index contributed by atoms with van der Waals surface area (Å²) >= 11 is 0. The van der Waals surface area contributed by atoms with Crippen molar-refractivity contribution in [3.8, 4) is 11.3 Å². The van der Waals surface area contributed by atoms with Crippen LogP contribution in [0.15, 0.2) is 34.7 Å². The number of benzene rings is 1. The summed E-state index contributed by atoms with van der Waals surface area (Å²) in [5.74, 6) is 1.19. The molecule has 3 heteroatoms. The summed E-state index contributed by atoms with van der Waals surface area (Å²) in [4.78, 5) is 11.2. The van der Waals surface area contributed by atoms with Crippen LogP contribution in [0.5, 0.6) is 0 Å². The van der Waals surface area contributed by atoms with Crippen molar-refractivity contribution in [3.05, 3.63) is 47.2 Å². The first-order chi connectivity index (χ1) is 7.59. The zero-order chi connectivity index (χ0) is 11.7. The minimum Gasteiger partial charge on any atom is -0.461 e. The van der Waals surface area contributed by atoms with E-state index in [0.29, 0.717) is 5.56 Å². The molecule has 0 bridgehead atoms. The van der Waals surface area contributed by atoms with E-state index in [4.69, 9.17) is 10.2 Å². The fourth-order valence-corrected chi connectivity index (χ4v) is 1.75. The zero-order valence-electron chi connectivity index (χ0n) is 9.28. The normalized spacial score (nSPS) is 10.4. The highest BCUT2D eigenvalue weighted by molar-refractivity contribution is 5.96. The van der Waals surface area contributed by atoms with Crippen LogP contribution in [0, 0.1) is 13.8 Å². The molecule has 1 amide bonds. The molecule has 0 radical (unpaired) electrons. The van der Waals surface area contributed by atoms with Crippen LogP contribution >= 0.6 is 0 Å². The third-order valence-electron chi connectivity index (χ3n) is 2.61. The molecular formula is C13H13NO2. The SMILES string of the molecule is Cc1ccc(-c2cccc(C(N)=O)c2C)o1. The molecule has 0 spiro atoms. The molecule has 16 heavy (non-hydrogen) atoms. The smallest absolute Gasteiger partial charge is 0.248 e. The van der Waals surface area contributed by atoms with Gasteiger partial charge in [0.25, 0.3) is 0 Å². The Balaban J connectivity index is 2.58. The first-order valence-electron chi connectivity index (χ1n) is 5.06. The van der Waals surface area contributed by atoms with E-state index in [1.54, 1.807) is 12.1 Å². The van der Waals surface area contributed by atoms with Gasteiger partial charge in [0.15, 0.2) is 0 Å². The number of nitrogens with two attached hydrogens (primary N) is 1. The largest absolute Gasteiger partial charge is 0.461 e. The molecule has 1 heterocycles. The van der Waals surface area contributed by atoms with Gasteiger partial charge in [-0.25, -0.2) is 0 Å². The molecular weight excluding hydrogens is 202 g/mol. The summed E-state index contributed by atoms with van der Waals surface area (Å²) in [5.41, 5.74) is 7.59. The van der Waals surface area contributed by atoms with Gasteiger partial charge in [0.05, 0.1) is 0 Å². The lowest BCUT2D eigenvalue weighted by atomic mass is 10.0. The molecule has 3 nitrogen and oxygen atoms in total. The van der Waals surface area contributed by atoms with Crippen molar-refractivity contribution >= 4 is 5.91 Å². The van der Waals surface area contributed by atoms with Gasteiger partial charge in [-0.15, -0.1) is 0 Å². The maximum atomic E-state index is 11.2. The Morgan fingerprint density at radius 3 is 2.50 bits per heavy atom. The monoisotopic (exact) mass is 215 g/mol. The van der Waals surface area contributed by atoms with Crippen LogP contribution in [0.2, 0.25) is 0 Å². The van der Waals surface area contributed by atoms with E-state index < -0.39 is 5.91 Å². The number of aryl methyl sites for hydroxylation is 1. The lowest BCUT2D eigenvalue weighted by Gasteiger charge is -2.06. The molecule has 0 atom stereocenters. The number of furan rings is 1. The van der Waals surface area contributed by atoms with Gasteiger partial charge in [0, 0.05) is 11.1 Å². The van der Waals surface area contributed by atoms with E-state index in [0.717, 1.165) is 22.6 Å². The van der Waals surface area contributed by atoms with Crippen molar-refractivity contribution in [1.29, 1.82) is 0 Å². The topological polar surface area (TPSA) is 56.2 Å². The summed E-state index contributed by atoms with van der Waals surface area (Å²) in [5, 5.41) is 0. The van der Waals surface area contributed by atoms with Crippen LogP contribution in [0.3, 0.4) is 0 Å². The Kier molecular flexibility index (Phi) is 2.52. The molecule has 2 rings (SSSR count). The van der Waals surface area contributed by atoms with E-state index in [9.17, 15) is 4.79 Å². The number of primary amides is 1. The molecule has 2 N–H and O–H groups in total. The second-order valence-corrected chi connectivity index (χ2v) is 3.75. The number of amides is 1. The first kappa shape index (κ1) is 10.5. The van der Waals surface area contributed by atoms with Crippen molar-refractivity contribution in [2.45, 2.75) is 13.8 Å². The van der Waals surface area contributed by atoms with E-state index in [2.05, 4.69) is 0 Å². The maximum Gasteiger partial charge on any atom is 0.248 e. The highest BCUT2D eigenvalue weighted by Gasteiger charge is 2.11. The molecule has 0 saturated heterocycles. The van der Waals surface area contributed by atoms with Crippen molar-refractivity contribution < 1.29 is 9.21 Å². The standard InChI is InChI=1S/C13H13NO2/c1-8-6-7-12(16-8)10-4-3-5-11(9(10)2)13(14)15/h3-7H,1-2H3,(H2,14,15). The van der Waals surface area contributed by atoms with Crippen molar-refractivity contribution in [2.75, 3.05) is 0 Å². The Bertz CT molecular complexity index is 541. The third kappa shape index (κ3) is 1.72. The predicted molar refractivity (Wildman–Crippen MR) is 62.1 cm³/mol. The minimum absolute atomic E-state index is 0.414. The average Bonchev–Trinajstić information content (AvgIpc) is 2.64. The summed E-state index contributed by atoms with van der Waals surface area (Å²) in [6.07, 6.45) is 0. The van der Waals surface area contributed by atoms with Gasteiger partial charge in [-0.2, -0.15) is 0 Å².